The highest BCUT2D eigenvalue weighted by Crippen LogP contribution is 2.34. The summed E-state index contributed by atoms with van der Waals surface area (Å²) in [5.41, 5.74) is 9.70. The van der Waals surface area contributed by atoms with Crippen molar-refractivity contribution in [3.63, 3.8) is 0 Å². The Hall–Kier alpha value is -0.860. The van der Waals surface area contributed by atoms with Gasteiger partial charge in [-0.3, -0.25) is 0 Å². The van der Waals surface area contributed by atoms with Gasteiger partial charge in [0.15, 0.2) is 0 Å². The monoisotopic (exact) mass is 205 g/mol. The highest BCUT2D eigenvalue weighted by atomic mass is 16.5. The summed E-state index contributed by atoms with van der Waals surface area (Å²) in [4.78, 5) is 0. The van der Waals surface area contributed by atoms with E-state index in [1.54, 1.807) is 0 Å². The van der Waals surface area contributed by atoms with Crippen molar-refractivity contribution < 1.29 is 4.74 Å². The van der Waals surface area contributed by atoms with Crippen LogP contribution in [-0.2, 0) is 4.74 Å². The minimum Gasteiger partial charge on any atom is -0.373 e. The fourth-order valence-electron chi connectivity index (χ4n) is 2.19. The molecule has 2 nitrogen and oxygen atoms in total. The molecule has 0 radical (unpaired) electrons. The minimum atomic E-state index is 0.217. The fraction of sp³-hybridized carbons (Fsp3) is 0.538. The van der Waals surface area contributed by atoms with Gasteiger partial charge in [0.1, 0.15) is 0 Å². The molecule has 1 aromatic rings. The first-order chi connectivity index (χ1) is 7.22. The quantitative estimate of drug-likeness (QED) is 0.804. The second-order valence-corrected chi connectivity index (χ2v) is 4.42. The Labute approximate surface area is 91.4 Å². The van der Waals surface area contributed by atoms with Gasteiger partial charge in [-0.25, -0.2) is 0 Å². The van der Waals surface area contributed by atoms with E-state index in [1.165, 1.54) is 16.7 Å². The van der Waals surface area contributed by atoms with Crippen molar-refractivity contribution in [2.24, 2.45) is 11.7 Å². The zero-order valence-corrected chi connectivity index (χ0v) is 9.49. The summed E-state index contributed by atoms with van der Waals surface area (Å²) in [7, 11) is 0. The molecule has 2 atom stereocenters. The van der Waals surface area contributed by atoms with Crippen LogP contribution in [0.2, 0.25) is 0 Å². The van der Waals surface area contributed by atoms with Gasteiger partial charge in [-0.15, -0.1) is 0 Å². The zero-order chi connectivity index (χ0) is 10.8. The molecule has 0 amide bonds. The van der Waals surface area contributed by atoms with Gasteiger partial charge in [-0.2, -0.15) is 0 Å². The third kappa shape index (κ3) is 2.06. The lowest BCUT2D eigenvalue weighted by Gasteiger charge is -2.18. The second kappa shape index (κ2) is 4.33. The number of aryl methyl sites for hydroxylation is 2. The van der Waals surface area contributed by atoms with E-state index in [0.717, 1.165) is 19.6 Å². The van der Waals surface area contributed by atoms with Crippen LogP contribution in [0.15, 0.2) is 18.2 Å². The van der Waals surface area contributed by atoms with Gasteiger partial charge in [0.2, 0.25) is 0 Å². The molecule has 0 spiro atoms. The van der Waals surface area contributed by atoms with Gasteiger partial charge in [0.05, 0.1) is 6.10 Å². The summed E-state index contributed by atoms with van der Waals surface area (Å²) in [5.74, 6) is 0.493. The number of benzene rings is 1. The van der Waals surface area contributed by atoms with E-state index in [4.69, 9.17) is 10.5 Å². The van der Waals surface area contributed by atoms with Crippen LogP contribution in [0.4, 0.5) is 0 Å². The van der Waals surface area contributed by atoms with Gasteiger partial charge in [0, 0.05) is 12.5 Å². The Balaban J connectivity index is 2.25. The molecule has 0 aromatic heterocycles. The Morgan fingerprint density at radius 2 is 2.13 bits per heavy atom. The summed E-state index contributed by atoms with van der Waals surface area (Å²) < 4.78 is 5.76. The number of hydrogen-bond acceptors (Lipinski definition) is 2. The van der Waals surface area contributed by atoms with Crippen LogP contribution in [0.25, 0.3) is 0 Å². The topological polar surface area (TPSA) is 35.2 Å². The normalized spacial score (nSPS) is 25.8. The Morgan fingerprint density at radius 1 is 1.33 bits per heavy atom. The molecule has 0 bridgehead atoms. The molecule has 0 saturated carbocycles. The molecular formula is C13H19NO. The number of rotatable bonds is 2. The fourth-order valence-corrected chi connectivity index (χ4v) is 2.19. The van der Waals surface area contributed by atoms with E-state index in [1.807, 2.05) is 0 Å². The molecule has 2 rings (SSSR count). The Morgan fingerprint density at radius 3 is 2.80 bits per heavy atom. The van der Waals surface area contributed by atoms with Crippen molar-refractivity contribution in [1.29, 1.82) is 0 Å². The molecule has 0 aliphatic carbocycles. The Bertz CT molecular complexity index is 348. The lowest BCUT2D eigenvalue weighted by molar-refractivity contribution is 0.0924. The maximum absolute atomic E-state index is 5.76. The highest BCUT2D eigenvalue weighted by Gasteiger charge is 2.28. The lowest BCUT2D eigenvalue weighted by atomic mass is 9.93. The largest absolute Gasteiger partial charge is 0.373 e. The Kier molecular flexibility index (Phi) is 3.08. The van der Waals surface area contributed by atoms with Gasteiger partial charge in [-0.05, 0) is 43.5 Å². The van der Waals surface area contributed by atoms with Crippen LogP contribution in [0.5, 0.6) is 0 Å². The van der Waals surface area contributed by atoms with Crippen LogP contribution in [0.1, 0.15) is 29.2 Å². The smallest absolute Gasteiger partial charge is 0.0866 e. The lowest BCUT2D eigenvalue weighted by Crippen LogP contribution is -2.17. The van der Waals surface area contributed by atoms with Crippen LogP contribution >= 0.6 is 0 Å². The molecule has 82 valence electrons. The summed E-state index contributed by atoms with van der Waals surface area (Å²) in [6.07, 6.45) is 1.31. The maximum Gasteiger partial charge on any atom is 0.0866 e. The van der Waals surface area contributed by atoms with E-state index in [9.17, 15) is 0 Å². The van der Waals surface area contributed by atoms with Crippen LogP contribution in [0, 0.1) is 19.8 Å². The average molecular weight is 205 g/mol. The molecule has 1 aliphatic heterocycles. The minimum absolute atomic E-state index is 0.217. The van der Waals surface area contributed by atoms with Crippen LogP contribution < -0.4 is 5.73 Å². The summed E-state index contributed by atoms with van der Waals surface area (Å²) in [6, 6.07) is 6.56. The van der Waals surface area contributed by atoms with Crippen molar-refractivity contribution in [3.05, 3.63) is 34.9 Å². The second-order valence-electron chi connectivity index (χ2n) is 4.42. The van der Waals surface area contributed by atoms with Gasteiger partial charge < -0.3 is 10.5 Å². The first-order valence-electron chi connectivity index (χ1n) is 5.61. The third-order valence-electron chi connectivity index (χ3n) is 3.38. The molecular weight excluding hydrogens is 186 g/mol. The maximum atomic E-state index is 5.76. The zero-order valence-electron chi connectivity index (χ0n) is 9.49. The predicted octanol–water partition coefficient (Wildman–Crippen LogP) is 2.34. The first kappa shape index (κ1) is 10.7. The SMILES string of the molecule is Cc1ccc(C2OCCC2CN)cc1C. The molecule has 2 unspecified atom stereocenters. The summed E-state index contributed by atoms with van der Waals surface area (Å²) in [6.45, 7) is 5.84. The van der Waals surface area contributed by atoms with Crippen molar-refractivity contribution in [2.45, 2.75) is 26.4 Å². The van der Waals surface area contributed by atoms with Gasteiger partial charge in [-0.1, -0.05) is 18.2 Å². The van der Waals surface area contributed by atoms with Gasteiger partial charge in [0.25, 0.3) is 0 Å². The third-order valence-corrected chi connectivity index (χ3v) is 3.38. The van der Waals surface area contributed by atoms with E-state index in [2.05, 4.69) is 32.0 Å². The van der Waals surface area contributed by atoms with Crippen LogP contribution in [0.3, 0.4) is 0 Å². The van der Waals surface area contributed by atoms with E-state index in [-0.39, 0.29) is 6.10 Å². The molecule has 2 N–H and O–H groups in total. The average Bonchev–Trinajstić information content (AvgIpc) is 2.70. The molecule has 15 heavy (non-hydrogen) atoms. The van der Waals surface area contributed by atoms with Crippen molar-refractivity contribution in [2.75, 3.05) is 13.2 Å². The number of nitrogens with two attached hydrogens (primary N) is 1. The number of ether oxygens (including phenoxy) is 1. The molecule has 1 saturated heterocycles. The van der Waals surface area contributed by atoms with Crippen molar-refractivity contribution in [1.82, 2.24) is 0 Å². The molecule has 1 heterocycles. The van der Waals surface area contributed by atoms with Crippen LogP contribution in [-0.4, -0.2) is 13.2 Å². The molecule has 2 heteroatoms. The highest BCUT2D eigenvalue weighted by molar-refractivity contribution is 5.31. The van der Waals surface area contributed by atoms with Crippen molar-refractivity contribution in [3.8, 4) is 0 Å². The first-order valence-corrected chi connectivity index (χ1v) is 5.61. The summed E-state index contributed by atoms with van der Waals surface area (Å²) >= 11 is 0. The predicted molar refractivity (Wildman–Crippen MR) is 61.8 cm³/mol. The summed E-state index contributed by atoms with van der Waals surface area (Å²) in [5, 5.41) is 0. The molecule has 1 fully saturated rings. The number of hydrogen-bond donors (Lipinski definition) is 1. The standard InChI is InChI=1S/C13H19NO/c1-9-3-4-11(7-10(9)2)13-12(8-14)5-6-15-13/h3-4,7,12-13H,5-6,8,14H2,1-2H3. The molecule has 1 aromatic carbocycles. The van der Waals surface area contributed by atoms with E-state index >= 15 is 0 Å². The van der Waals surface area contributed by atoms with E-state index in [0.29, 0.717) is 5.92 Å². The van der Waals surface area contributed by atoms with E-state index < -0.39 is 0 Å². The van der Waals surface area contributed by atoms with Crippen molar-refractivity contribution >= 4 is 0 Å². The van der Waals surface area contributed by atoms with Gasteiger partial charge >= 0.3 is 0 Å². The molecule has 1 aliphatic rings.